The largest absolute Gasteiger partial charge is 0.456 e. The first-order valence-electron chi connectivity index (χ1n) is 48.5. The van der Waals surface area contributed by atoms with E-state index in [4.69, 9.17) is 8.83 Å². The van der Waals surface area contributed by atoms with E-state index in [0.717, 1.165) is 112 Å². The van der Waals surface area contributed by atoms with Crippen molar-refractivity contribution < 1.29 is 8.83 Å². The highest BCUT2D eigenvalue weighted by molar-refractivity contribution is 6.17. The van der Waals surface area contributed by atoms with Crippen molar-refractivity contribution in [2.24, 2.45) is 0 Å². The lowest BCUT2D eigenvalue weighted by Gasteiger charge is -2.28. The highest BCUT2D eigenvalue weighted by atomic mass is 16.3. The highest BCUT2D eigenvalue weighted by Crippen LogP contribution is 2.54. The van der Waals surface area contributed by atoms with Gasteiger partial charge in [-0.25, -0.2) is 0 Å². The minimum atomic E-state index is -0.259. The van der Waals surface area contributed by atoms with Gasteiger partial charge in [-0.15, -0.1) is 0 Å². The van der Waals surface area contributed by atoms with Crippen LogP contribution in [0.4, 0.5) is 34.1 Å². The molecule has 6 aromatic heterocycles. The first kappa shape index (κ1) is 80.9. The molecule has 28 aromatic rings. The fourth-order valence-electron chi connectivity index (χ4n) is 23.0. The average Bonchev–Trinajstić information content (AvgIpc) is 1.56. The van der Waals surface area contributed by atoms with E-state index in [2.05, 4.69) is 521 Å². The van der Waals surface area contributed by atoms with E-state index in [-0.39, 0.29) is 5.41 Å². The summed E-state index contributed by atoms with van der Waals surface area (Å²) in [6.45, 7) is 4.78. The quantitative estimate of drug-likeness (QED) is 0.109. The average molecular weight is 1800 g/mol. The van der Waals surface area contributed by atoms with E-state index < -0.39 is 0 Å². The van der Waals surface area contributed by atoms with E-state index in [9.17, 15) is 0 Å². The molecule has 0 unspecified atom stereocenters. The van der Waals surface area contributed by atoms with Crippen molar-refractivity contribution in [2.75, 3.05) is 9.80 Å². The van der Waals surface area contributed by atoms with Crippen molar-refractivity contribution in [3.63, 3.8) is 0 Å². The van der Waals surface area contributed by atoms with Gasteiger partial charge >= 0.3 is 0 Å². The van der Waals surface area contributed by atoms with Gasteiger partial charge < -0.3 is 36.9 Å². The maximum absolute atomic E-state index is 6.35. The molecule has 0 fully saturated rings. The van der Waals surface area contributed by atoms with Gasteiger partial charge in [0.15, 0.2) is 0 Å². The van der Waals surface area contributed by atoms with E-state index in [1.54, 1.807) is 0 Å². The third-order valence-corrected chi connectivity index (χ3v) is 29.6. The molecule has 1 aliphatic rings. The van der Waals surface area contributed by atoms with Crippen LogP contribution >= 0.6 is 0 Å². The van der Waals surface area contributed by atoms with E-state index >= 15 is 0 Å². The molecule has 0 amide bonds. The molecule has 0 N–H and O–H groups in total. The van der Waals surface area contributed by atoms with Crippen LogP contribution in [0.15, 0.2) is 506 Å². The Hall–Kier alpha value is -18.5. The van der Waals surface area contributed by atoms with Crippen molar-refractivity contribution in [3.8, 4) is 78.4 Å². The molecular formula is C133H88N6O2. The zero-order valence-electron chi connectivity index (χ0n) is 77.3. The molecule has 0 saturated heterocycles. The van der Waals surface area contributed by atoms with Crippen LogP contribution in [0.5, 0.6) is 0 Å². The Bertz CT molecular complexity index is 9910. The predicted molar refractivity (Wildman–Crippen MR) is 591 cm³/mol. The minimum absolute atomic E-state index is 0.259. The molecule has 6 heterocycles. The Balaban J connectivity index is 0.000000138. The van der Waals surface area contributed by atoms with Gasteiger partial charge in [0.1, 0.15) is 22.3 Å². The summed E-state index contributed by atoms with van der Waals surface area (Å²) < 4.78 is 22.2. The third-order valence-electron chi connectivity index (χ3n) is 29.6. The Labute approximate surface area is 813 Å². The van der Waals surface area contributed by atoms with Crippen LogP contribution in [-0.4, -0.2) is 18.3 Å². The second kappa shape index (κ2) is 32.4. The molecule has 0 saturated carbocycles. The monoisotopic (exact) mass is 1800 g/mol. The van der Waals surface area contributed by atoms with Crippen LogP contribution in [0.2, 0.25) is 0 Å². The van der Waals surface area contributed by atoms with Crippen LogP contribution < -0.4 is 9.80 Å². The molecule has 0 atom stereocenters. The van der Waals surface area contributed by atoms with Crippen molar-refractivity contribution in [2.45, 2.75) is 19.3 Å². The molecule has 0 spiro atoms. The smallest absolute Gasteiger partial charge is 0.135 e. The summed E-state index contributed by atoms with van der Waals surface area (Å²) in [7, 11) is 0. The van der Waals surface area contributed by atoms with Crippen LogP contribution in [0, 0.1) is 0 Å². The molecule has 0 bridgehead atoms. The maximum atomic E-state index is 6.35. The Morgan fingerprint density at radius 2 is 0.468 bits per heavy atom. The number of anilines is 6. The molecule has 0 radical (unpaired) electrons. The number of furan rings is 2. The SMILES string of the molecule is CC1(C)c2cc(-c3ccc4c(c3)c3ccccc3n4-c3ccccc3)ccc2-c2ccc(N(c3ccc(-c4ccc5c6ccccc6n(-c6ccccc6)c5c4)cc3)c3ccc4oc5ccccc5c4c3)cc21.c1ccc(-n2c3ccccc3c3cc(-c4ccc(N(c5ccc6oc7ccccc7c6c5)c5ccc(-c6ccc7c8ccccc8n(-c8ccccc8)c7c6)c6ccccc56)cc4)ccc32)cc1. The lowest BCUT2D eigenvalue weighted by atomic mass is 9.81. The molecule has 8 nitrogen and oxygen atoms in total. The number of hydrogen-bond donors (Lipinski definition) is 0. The predicted octanol–water partition coefficient (Wildman–Crippen LogP) is 36.6. The van der Waals surface area contributed by atoms with Gasteiger partial charge in [0.25, 0.3) is 0 Å². The van der Waals surface area contributed by atoms with Crippen molar-refractivity contribution in [3.05, 3.63) is 509 Å². The fourth-order valence-corrected chi connectivity index (χ4v) is 23.0. The van der Waals surface area contributed by atoms with Gasteiger partial charge in [-0.05, 0) is 278 Å². The van der Waals surface area contributed by atoms with Crippen LogP contribution in [0.3, 0.4) is 0 Å². The van der Waals surface area contributed by atoms with Gasteiger partial charge in [0, 0.05) is 127 Å². The van der Waals surface area contributed by atoms with Crippen molar-refractivity contribution >= 4 is 176 Å². The van der Waals surface area contributed by atoms with Gasteiger partial charge in [-0.3, -0.25) is 0 Å². The van der Waals surface area contributed by atoms with Gasteiger partial charge in [-0.1, -0.05) is 305 Å². The van der Waals surface area contributed by atoms with Crippen molar-refractivity contribution in [1.29, 1.82) is 0 Å². The third kappa shape index (κ3) is 13.1. The normalized spacial score (nSPS) is 12.4. The molecule has 662 valence electrons. The maximum Gasteiger partial charge on any atom is 0.135 e. The fraction of sp³-hybridized carbons (Fsp3) is 0.0226. The number of benzene rings is 22. The summed E-state index contributed by atoms with van der Waals surface area (Å²) in [5, 5.41) is 16.7. The summed E-state index contributed by atoms with van der Waals surface area (Å²) in [6, 6.07) is 181. The lowest BCUT2D eigenvalue weighted by molar-refractivity contribution is 0.660. The molecule has 8 heteroatoms. The Kier molecular flexibility index (Phi) is 18.6. The zero-order chi connectivity index (χ0) is 93.1. The number of hydrogen-bond acceptors (Lipinski definition) is 4. The molecule has 29 rings (SSSR count). The van der Waals surface area contributed by atoms with Crippen molar-refractivity contribution in [1.82, 2.24) is 18.3 Å². The summed E-state index contributed by atoms with van der Waals surface area (Å²) in [5.74, 6) is 0. The summed E-state index contributed by atoms with van der Waals surface area (Å²) in [5.41, 5.74) is 38.7. The van der Waals surface area contributed by atoms with Gasteiger partial charge in [0.05, 0.1) is 49.8 Å². The number of para-hydroxylation sites is 10. The van der Waals surface area contributed by atoms with E-state index in [0.29, 0.717) is 0 Å². The molecule has 1 aliphatic carbocycles. The van der Waals surface area contributed by atoms with Crippen LogP contribution in [-0.2, 0) is 5.41 Å². The summed E-state index contributed by atoms with van der Waals surface area (Å²) in [4.78, 5) is 4.82. The number of aromatic nitrogens is 4. The van der Waals surface area contributed by atoms with E-state index in [1.165, 1.54) is 154 Å². The second-order valence-corrected chi connectivity index (χ2v) is 37.8. The zero-order valence-corrected chi connectivity index (χ0v) is 77.3. The first-order valence-corrected chi connectivity index (χ1v) is 48.5. The van der Waals surface area contributed by atoms with Gasteiger partial charge in [-0.2, -0.15) is 0 Å². The van der Waals surface area contributed by atoms with Gasteiger partial charge in [0.2, 0.25) is 0 Å². The summed E-state index contributed by atoms with van der Waals surface area (Å²) >= 11 is 0. The number of rotatable bonds is 14. The second-order valence-electron chi connectivity index (χ2n) is 37.8. The van der Waals surface area contributed by atoms with Crippen LogP contribution in [0.1, 0.15) is 25.0 Å². The highest BCUT2D eigenvalue weighted by Gasteiger charge is 2.37. The first-order chi connectivity index (χ1) is 69.7. The lowest BCUT2D eigenvalue weighted by Crippen LogP contribution is -2.16. The number of fused-ring (bicyclic) bond motifs is 22. The number of nitrogens with zero attached hydrogens (tertiary/aromatic N) is 6. The Morgan fingerprint density at radius 3 is 0.957 bits per heavy atom. The molecule has 0 aliphatic heterocycles. The molecule has 141 heavy (non-hydrogen) atoms. The topological polar surface area (TPSA) is 52.5 Å². The summed E-state index contributed by atoms with van der Waals surface area (Å²) in [6.07, 6.45) is 0. The molecular weight excluding hydrogens is 1710 g/mol. The standard InChI is InChI=1S/C69H47N3O.C64H41N3O/c1-69(2)61-40-46(45-29-37-65-59(39-45)56-20-10-13-23-64(56)71(65)48-15-5-3-6-16-48)27-34-53(61)54-36-32-52(43-62(54)69)70(51-33-38-68-60(42-51)58-21-11-14-24-67(58)73-68)50-30-25-44(26-31-50)47-28-35-57-55-19-9-12-22-63(55)72(66(57)41-47)49-17-7-4-8-18-49;1-3-15-45(16-4-1)66-59-25-13-10-22-53(59)56-39-43(30-36-61(56)66)42-27-31-47(32-28-42)65(48-33-38-64-57(41-48)55-23-11-14-26-63(55)68-64)60-37-35-49(50-19-7-8-20-51(50)60)44-29-34-54-52-21-9-12-24-58(52)67(62(54)40-44)46-17-5-2-6-18-46/h3-43H,1-2H3;1-41H. The Morgan fingerprint density at radius 1 is 0.170 bits per heavy atom. The van der Waals surface area contributed by atoms with Crippen LogP contribution in [0.25, 0.3) is 220 Å². The molecule has 22 aromatic carbocycles. The van der Waals surface area contributed by atoms with E-state index in [1.807, 2.05) is 18.2 Å². The minimum Gasteiger partial charge on any atom is -0.456 e.